The highest BCUT2D eigenvalue weighted by Crippen LogP contribution is 2.21. The van der Waals surface area contributed by atoms with Gasteiger partial charge in [-0.2, -0.15) is 0 Å². The number of carbonyl (C=O) groups excluding carboxylic acids is 1. The van der Waals surface area contributed by atoms with Crippen molar-refractivity contribution in [2.45, 2.75) is 20.3 Å². The van der Waals surface area contributed by atoms with Crippen molar-refractivity contribution in [2.75, 3.05) is 0 Å². The van der Waals surface area contributed by atoms with Gasteiger partial charge in [-0.3, -0.25) is 4.79 Å². The first-order valence-corrected chi connectivity index (χ1v) is 5.76. The topological polar surface area (TPSA) is 42.9 Å². The summed E-state index contributed by atoms with van der Waals surface area (Å²) >= 11 is 1.59. The van der Waals surface area contributed by atoms with Gasteiger partial charge < -0.3 is 0 Å². The number of carbonyl (C=O) groups is 1. The van der Waals surface area contributed by atoms with Gasteiger partial charge in [-0.05, 0) is 11.4 Å². The quantitative estimate of drug-likeness (QED) is 0.798. The second-order valence-electron chi connectivity index (χ2n) is 3.75. The minimum absolute atomic E-state index is 0.0648. The normalized spacial score (nSPS) is 11.1. The van der Waals surface area contributed by atoms with Gasteiger partial charge in [0.05, 0.1) is 22.3 Å². The summed E-state index contributed by atoms with van der Waals surface area (Å²) in [6.07, 6.45) is 1.94. The predicted octanol–water partition coefficient (Wildman–Crippen LogP) is 2.46. The average Bonchev–Trinajstić information content (AvgIpc) is 2.66. The van der Waals surface area contributed by atoms with E-state index < -0.39 is 0 Å². The molecule has 2 rings (SSSR count). The number of nitrogens with zero attached hydrogens (tertiary/aromatic N) is 2. The van der Waals surface area contributed by atoms with Crippen LogP contribution in [0, 0.1) is 5.92 Å². The van der Waals surface area contributed by atoms with Crippen molar-refractivity contribution < 1.29 is 4.79 Å². The smallest absolute Gasteiger partial charge is 0.141 e. The summed E-state index contributed by atoms with van der Waals surface area (Å²) in [4.78, 5) is 19.9. The molecule has 15 heavy (non-hydrogen) atoms. The average molecular weight is 220 g/mol. The number of thiophene rings is 1. The van der Waals surface area contributed by atoms with Crippen LogP contribution in [0.25, 0.3) is 10.2 Å². The first-order chi connectivity index (χ1) is 7.18. The lowest BCUT2D eigenvalue weighted by atomic mass is 10.0. The summed E-state index contributed by atoms with van der Waals surface area (Å²) in [5.74, 6) is 0.290. The Balaban J connectivity index is 2.35. The van der Waals surface area contributed by atoms with Crippen LogP contribution >= 0.6 is 11.3 Å². The Hall–Kier alpha value is -1.29. The van der Waals surface area contributed by atoms with E-state index >= 15 is 0 Å². The van der Waals surface area contributed by atoms with Gasteiger partial charge in [0.25, 0.3) is 0 Å². The van der Waals surface area contributed by atoms with Gasteiger partial charge in [0, 0.05) is 5.92 Å². The molecule has 0 saturated heterocycles. The molecule has 2 aromatic heterocycles. The molecule has 0 aliphatic rings. The van der Waals surface area contributed by atoms with Crippen molar-refractivity contribution in [3.05, 3.63) is 23.5 Å². The largest absolute Gasteiger partial charge is 0.299 e. The van der Waals surface area contributed by atoms with Crippen molar-refractivity contribution >= 4 is 27.3 Å². The first-order valence-electron chi connectivity index (χ1n) is 4.88. The molecule has 0 aliphatic carbocycles. The Kier molecular flexibility index (Phi) is 2.77. The number of rotatable bonds is 3. The highest BCUT2D eigenvalue weighted by Gasteiger charge is 2.12. The molecule has 0 saturated carbocycles. The fourth-order valence-corrected chi connectivity index (χ4v) is 2.17. The third-order valence-electron chi connectivity index (χ3n) is 2.30. The summed E-state index contributed by atoms with van der Waals surface area (Å²) in [6, 6.07) is 1.95. The molecule has 0 N–H and O–H groups in total. The monoisotopic (exact) mass is 220 g/mol. The Morgan fingerprint density at radius 3 is 3.00 bits per heavy atom. The van der Waals surface area contributed by atoms with Gasteiger partial charge in [-0.15, -0.1) is 11.3 Å². The molecule has 2 aromatic rings. The third kappa shape index (κ3) is 2.04. The van der Waals surface area contributed by atoms with Crippen molar-refractivity contribution in [3.8, 4) is 0 Å². The molecule has 0 bridgehead atoms. The van der Waals surface area contributed by atoms with Crippen LogP contribution in [0.15, 0.2) is 17.8 Å². The van der Waals surface area contributed by atoms with E-state index in [-0.39, 0.29) is 11.7 Å². The van der Waals surface area contributed by atoms with E-state index in [1.807, 2.05) is 25.3 Å². The second-order valence-corrected chi connectivity index (χ2v) is 4.67. The Labute approximate surface area is 92.2 Å². The highest BCUT2D eigenvalue weighted by atomic mass is 32.1. The van der Waals surface area contributed by atoms with Crippen molar-refractivity contribution in [1.29, 1.82) is 0 Å². The molecule has 0 atom stereocenters. The Morgan fingerprint density at radius 1 is 1.47 bits per heavy atom. The second kappa shape index (κ2) is 4.06. The zero-order chi connectivity index (χ0) is 10.8. The molecule has 0 fully saturated rings. The minimum Gasteiger partial charge on any atom is -0.299 e. The van der Waals surface area contributed by atoms with Gasteiger partial charge >= 0.3 is 0 Å². The molecule has 78 valence electrons. The minimum atomic E-state index is 0.0648. The van der Waals surface area contributed by atoms with Gasteiger partial charge in [0.15, 0.2) is 0 Å². The van der Waals surface area contributed by atoms with Gasteiger partial charge in [-0.1, -0.05) is 13.8 Å². The number of ketones is 1. The standard InChI is InChI=1S/C11H12N2OS/c1-7(2)10(14)5-9-11-8(3-4-15-11)12-6-13-9/h3-4,6-7H,5H2,1-2H3. The molecule has 0 amide bonds. The number of aromatic nitrogens is 2. The molecule has 0 aliphatic heterocycles. The molecular formula is C11H12N2OS. The fraction of sp³-hybridized carbons (Fsp3) is 0.364. The molecule has 4 heteroatoms. The number of hydrogen-bond acceptors (Lipinski definition) is 4. The van der Waals surface area contributed by atoms with Crippen LogP contribution in [0.2, 0.25) is 0 Å². The zero-order valence-electron chi connectivity index (χ0n) is 8.73. The summed E-state index contributed by atoms with van der Waals surface area (Å²) in [6.45, 7) is 3.82. The van der Waals surface area contributed by atoms with Crippen LogP contribution in [-0.4, -0.2) is 15.8 Å². The SMILES string of the molecule is CC(C)C(=O)Cc1ncnc2ccsc12. The van der Waals surface area contributed by atoms with E-state index in [1.54, 1.807) is 11.3 Å². The summed E-state index contributed by atoms with van der Waals surface area (Å²) in [5, 5.41) is 1.97. The van der Waals surface area contributed by atoms with Crippen molar-refractivity contribution in [3.63, 3.8) is 0 Å². The lowest BCUT2D eigenvalue weighted by molar-refractivity contribution is -0.121. The maximum absolute atomic E-state index is 11.6. The van der Waals surface area contributed by atoms with Crippen LogP contribution in [0.3, 0.4) is 0 Å². The summed E-state index contributed by atoms with van der Waals surface area (Å²) in [7, 11) is 0. The first kappa shape index (κ1) is 10.2. The lowest BCUT2D eigenvalue weighted by Gasteiger charge is -2.03. The molecule has 2 heterocycles. The van der Waals surface area contributed by atoms with Crippen LogP contribution in [0.4, 0.5) is 0 Å². The summed E-state index contributed by atoms with van der Waals surface area (Å²) in [5.41, 5.74) is 1.79. The molecule has 0 unspecified atom stereocenters. The van der Waals surface area contributed by atoms with Gasteiger partial charge in [0.2, 0.25) is 0 Å². The van der Waals surface area contributed by atoms with Gasteiger partial charge in [0.1, 0.15) is 12.1 Å². The van der Waals surface area contributed by atoms with Crippen LogP contribution < -0.4 is 0 Å². The maximum Gasteiger partial charge on any atom is 0.141 e. The third-order valence-corrected chi connectivity index (χ3v) is 3.26. The Bertz CT molecular complexity index is 490. The van der Waals surface area contributed by atoms with E-state index in [9.17, 15) is 4.79 Å². The van der Waals surface area contributed by atoms with E-state index in [0.29, 0.717) is 6.42 Å². The van der Waals surface area contributed by atoms with Crippen LogP contribution in [0.5, 0.6) is 0 Å². The molecule has 0 radical (unpaired) electrons. The molecule has 3 nitrogen and oxygen atoms in total. The highest BCUT2D eigenvalue weighted by molar-refractivity contribution is 7.17. The van der Waals surface area contributed by atoms with E-state index in [2.05, 4.69) is 9.97 Å². The fourth-order valence-electron chi connectivity index (χ4n) is 1.33. The lowest BCUT2D eigenvalue weighted by Crippen LogP contribution is -2.11. The number of hydrogen-bond donors (Lipinski definition) is 0. The number of fused-ring (bicyclic) bond motifs is 1. The zero-order valence-corrected chi connectivity index (χ0v) is 9.54. The molecule has 0 aromatic carbocycles. The number of Topliss-reactive ketones (excluding diaryl/α,β-unsaturated/α-hetero) is 1. The predicted molar refractivity (Wildman–Crippen MR) is 61.0 cm³/mol. The van der Waals surface area contributed by atoms with Crippen molar-refractivity contribution in [1.82, 2.24) is 9.97 Å². The van der Waals surface area contributed by atoms with Crippen molar-refractivity contribution in [2.24, 2.45) is 5.92 Å². The van der Waals surface area contributed by atoms with E-state index in [4.69, 9.17) is 0 Å². The maximum atomic E-state index is 11.6. The van der Waals surface area contributed by atoms with E-state index in [0.717, 1.165) is 15.9 Å². The molecular weight excluding hydrogens is 208 g/mol. The Morgan fingerprint density at radius 2 is 2.27 bits per heavy atom. The summed E-state index contributed by atoms with van der Waals surface area (Å²) < 4.78 is 1.03. The molecule has 0 spiro atoms. The van der Waals surface area contributed by atoms with Crippen LogP contribution in [0.1, 0.15) is 19.5 Å². The van der Waals surface area contributed by atoms with Gasteiger partial charge in [-0.25, -0.2) is 9.97 Å². The van der Waals surface area contributed by atoms with Crippen LogP contribution in [-0.2, 0) is 11.2 Å². The van der Waals surface area contributed by atoms with E-state index in [1.165, 1.54) is 6.33 Å².